The molecule has 0 aliphatic carbocycles. The third kappa shape index (κ3) is 3.78. The van der Waals surface area contributed by atoms with Gasteiger partial charge in [-0.25, -0.2) is 4.98 Å². The van der Waals surface area contributed by atoms with Crippen molar-refractivity contribution in [3.63, 3.8) is 0 Å². The van der Waals surface area contributed by atoms with E-state index in [2.05, 4.69) is 15.3 Å². The Labute approximate surface area is 175 Å². The van der Waals surface area contributed by atoms with Crippen molar-refractivity contribution in [2.45, 2.75) is 31.6 Å². The minimum Gasteiger partial charge on any atom is -0.381 e. The maximum Gasteiger partial charge on any atom is 0.233 e. The zero-order valence-corrected chi connectivity index (χ0v) is 17.8. The SMILES string of the molecule is Cc1csc(N2CCCN(C(=O)C3(c4ccccc4Cl)CCOCC3)CC2)n1. The number of ether oxygens (including phenoxy) is 1. The van der Waals surface area contributed by atoms with Gasteiger partial charge in [0, 0.05) is 49.8 Å². The molecule has 0 spiro atoms. The molecule has 0 N–H and O–H groups in total. The maximum absolute atomic E-state index is 13.8. The number of carbonyl (C=O) groups excluding carboxylic acids is 1. The number of anilines is 1. The van der Waals surface area contributed by atoms with E-state index < -0.39 is 5.41 Å². The van der Waals surface area contributed by atoms with E-state index in [0.717, 1.165) is 42.4 Å². The van der Waals surface area contributed by atoms with Crippen LogP contribution in [-0.4, -0.2) is 55.2 Å². The largest absolute Gasteiger partial charge is 0.381 e. The second-order valence-corrected chi connectivity index (χ2v) is 8.82. The van der Waals surface area contributed by atoms with Crippen molar-refractivity contribution in [3.05, 3.63) is 45.9 Å². The molecule has 2 aliphatic heterocycles. The fourth-order valence-corrected chi connectivity index (χ4v) is 5.44. The fourth-order valence-electron chi connectivity index (χ4n) is 4.27. The summed E-state index contributed by atoms with van der Waals surface area (Å²) in [4.78, 5) is 22.8. The zero-order chi connectivity index (χ0) is 19.6. The number of nitrogens with zero attached hydrogens (tertiary/aromatic N) is 3. The summed E-state index contributed by atoms with van der Waals surface area (Å²) in [5, 5.41) is 3.81. The van der Waals surface area contributed by atoms with E-state index in [9.17, 15) is 4.79 Å². The summed E-state index contributed by atoms with van der Waals surface area (Å²) in [5.41, 5.74) is 1.42. The number of aryl methyl sites for hydroxylation is 1. The summed E-state index contributed by atoms with van der Waals surface area (Å²) in [5.74, 6) is 0.195. The third-order valence-corrected chi connectivity index (χ3v) is 7.15. The van der Waals surface area contributed by atoms with Crippen molar-refractivity contribution in [1.29, 1.82) is 0 Å². The van der Waals surface area contributed by atoms with Gasteiger partial charge in [0.1, 0.15) is 0 Å². The van der Waals surface area contributed by atoms with Crippen LogP contribution in [0.4, 0.5) is 5.13 Å². The van der Waals surface area contributed by atoms with Crippen LogP contribution in [0.25, 0.3) is 0 Å². The number of aromatic nitrogens is 1. The number of thiazole rings is 1. The molecule has 5 nitrogen and oxygen atoms in total. The van der Waals surface area contributed by atoms with Gasteiger partial charge >= 0.3 is 0 Å². The molecule has 4 rings (SSSR count). The second-order valence-electron chi connectivity index (χ2n) is 7.58. The van der Waals surface area contributed by atoms with Crippen molar-refractivity contribution in [1.82, 2.24) is 9.88 Å². The van der Waals surface area contributed by atoms with Crippen molar-refractivity contribution >= 4 is 34.0 Å². The predicted molar refractivity (Wildman–Crippen MR) is 113 cm³/mol. The Kier molecular flexibility index (Phi) is 5.90. The highest BCUT2D eigenvalue weighted by atomic mass is 35.5. The van der Waals surface area contributed by atoms with Gasteiger partial charge in [0.2, 0.25) is 5.91 Å². The molecule has 0 radical (unpaired) electrons. The maximum atomic E-state index is 13.8. The van der Waals surface area contributed by atoms with Crippen LogP contribution in [0.15, 0.2) is 29.6 Å². The van der Waals surface area contributed by atoms with Crippen molar-refractivity contribution in [3.8, 4) is 0 Å². The standard InChI is InChI=1S/C21H26ClN3O2S/c1-16-15-28-20(23-16)25-10-4-9-24(11-12-25)19(26)21(7-13-27-14-8-21)17-5-2-3-6-18(17)22/h2-3,5-6,15H,4,7-14H2,1H3. The van der Waals surface area contributed by atoms with Crippen LogP contribution >= 0.6 is 22.9 Å². The number of halogens is 1. The Bertz CT molecular complexity index is 835. The van der Waals surface area contributed by atoms with Gasteiger partial charge in [0.15, 0.2) is 5.13 Å². The van der Waals surface area contributed by atoms with Crippen LogP contribution < -0.4 is 4.90 Å². The highest BCUT2D eigenvalue weighted by molar-refractivity contribution is 7.13. The van der Waals surface area contributed by atoms with Gasteiger partial charge in [0.25, 0.3) is 0 Å². The van der Waals surface area contributed by atoms with Crippen LogP contribution in [0.5, 0.6) is 0 Å². The van der Waals surface area contributed by atoms with E-state index in [4.69, 9.17) is 16.3 Å². The highest BCUT2D eigenvalue weighted by Gasteiger charge is 2.45. The van der Waals surface area contributed by atoms with Gasteiger partial charge in [-0.05, 0) is 37.8 Å². The quantitative estimate of drug-likeness (QED) is 0.757. The first-order valence-electron chi connectivity index (χ1n) is 9.89. The number of hydrogen-bond acceptors (Lipinski definition) is 5. The summed E-state index contributed by atoms with van der Waals surface area (Å²) in [6.07, 6.45) is 2.31. The molecule has 0 bridgehead atoms. The smallest absolute Gasteiger partial charge is 0.233 e. The molecule has 2 saturated heterocycles. The minimum absolute atomic E-state index is 0.195. The van der Waals surface area contributed by atoms with Crippen molar-refractivity contribution < 1.29 is 9.53 Å². The molecule has 2 fully saturated rings. The van der Waals surface area contributed by atoms with Gasteiger partial charge in [-0.15, -0.1) is 11.3 Å². The Morgan fingerprint density at radius 1 is 1.18 bits per heavy atom. The van der Waals surface area contributed by atoms with Gasteiger partial charge in [-0.3, -0.25) is 4.79 Å². The summed E-state index contributed by atoms with van der Waals surface area (Å²) in [6.45, 7) is 6.43. The van der Waals surface area contributed by atoms with Gasteiger partial charge in [-0.2, -0.15) is 0 Å². The van der Waals surface area contributed by atoms with Crippen molar-refractivity contribution in [2.24, 2.45) is 0 Å². The minimum atomic E-state index is -0.580. The van der Waals surface area contributed by atoms with Crippen LogP contribution in [-0.2, 0) is 14.9 Å². The molecule has 2 aliphatic rings. The van der Waals surface area contributed by atoms with Crippen LogP contribution in [0.1, 0.15) is 30.5 Å². The Morgan fingerprint density at radius 2 is 1.96 bits per heavy atom. The fraction of sp³-hybridized carbons (Fsp3) is 0.524. The summed E-state index contributed by atoms with van der Waals surface area (Å²) < 4.78 is 5.60. The molecule has 2 aromatic rings. The summed E-state index contributed by atoms with van der Waals surface area (Å²) >= 11 is 8.22. The average molecular weight is 420 g/mol. The molecule has 1 amide bonds. The lowest BCUT2D eigenvalue weighted by Gasteiger charge is -2.40. The first-order chi connectivity index (χ1) is 13.6. The van der Waals surface area contributed by atoms with E-state index in [-0.39, 0.29) is 5.91 Å². The average Bonchev–Trinajstić information content (AvgIpc) is 3.00. The van der Waals surface area contributed by atoms with Gasteiger partial charge in [-0.1, -0.05) is 29.8 Å². The lowest BCUT2D eigenvalue weighted by atomic mass is 9.73. The summed E-state index contributed by atoms with van der Waals surface area (Å²) in [6, 6.07) is 7.79. The molecule has 3 heterocycles. The summed E-state index contributed by atoms with van der Waals surface area (Å²) in [7, 11) is 0. The normalized spacial score (nSPS) is 20.1. The zero-order valence-electron chi connectivity index (χ0n) is 16.2. The topological polar surface area (TPSA) is 45.7 Å². The Hall–Kier alpha value is -1.63. The number of carbonyl (C=O) groups is 1. The molecule has 0 atom stereocenters. The lowest BCUT2D eigenvalue weighted by molar-refractivity contribution is -0.141. The van der Waals surface area contributed by atoms with Gasteiger partial charge < -0.3 is 14.5 Å². The lowest BCUT2D eigenvalue weighted by Crippen LogP contribution is -2.51. The molecule has 150 valence electrons. The highest BCUT2D eigenvalue weighted by Crippen LogP contribution is 2.40. The first-order valence-corrected chi connectivity index (χ1v) is 11.2. The number of benzene rings is 1. The molecule has 7 heteroatoms. The molecular weight excluding hydrogens is 394 g/mol. The van der Waals surface area contributed by atoms with Gasteiger partial charge in [0.05, 0.1) is 11.1 Å². The molecule has 0 unspecified atom stereocenters. The van der Waals surface area contributed by atoms with Crippen LogP contribution in [0, 0.1) is 6.92 Å². The van der Waals surface area contributed by atoms with E-state index in [0.29, 0.717) is 37.6 Å². The van der Waals surface area contributed by atoms with Crippen LogP contribution in [0.2, 0.25) is 5.02 Å². The van der Waals surface area contributed by atoms with E-state index >= 15 is 0 Å². The van der Waals surface area contributed by atoms with Crippen LogP contribution in [0.3, 0.4) is 0 Å². The van der Waals surface area contributed by atoms with Crippen molar-refractivity contribution in [2.75, 3.05) is 44.3 Å². The van der Waals surface area contributed by atoms with E-state index in [1.165, 1.54) is 0 Å². The Balaban J connectivity index is 1.56. The van der Waals surface area contributed by atoms with E-state index in [1.54, 1.807) is 11.3 Å². The molecule has 0 saturated carbocycles. The first kappa shape index (κ1) is 19.7. The predicted octanol–water partition coefficient (Wildman–Crippen LogP) is 3.89. The van der Waals surface area contributed by atoms with E-state index in [1.807, 2.05) is 36.1 Å². The molecule has 1 aromatic carbocycles. The third-order valence-electron chi connectivity index (χ3n) is 5.81. The number of rotatable bonds is 3. The number of hydrogen-bond donors (Lipinski definition) is 0. The second kappa shape index (κ2) is 8.39. The Morgan fingerprint density at radius 3 is 2.68 bits per heavy atom. The number of amides is 1. The molecule has 1 aromatic heterocycles. The monoisotopic (exact) mass is 419 g/mol. The molecule has 28 heavy (non-hydrogen) atoms. The molecular formula is C21H26ClN3O2S.